The lowest BCUT2D eigenvalue weighted by molar-refractivity contribution is -0.385. The minimum absolute atomic E-state index is 0.119. The van der Waals surface area contributed by atoms with Crippen LogP contribution in [0.25, 0.3) is 0 Å². The summed E-state index contributed by atoms with van der Waals surface area (Å²) in [6.45, 7) is 0.112. The molecule has 0 atom stereocenters. The van der Waals surface area contributed by atoms with Gasteiger partial charge in [0.25, 0.3) is 0 Å². The molecule has 1 heterocycles. The minimum atomic E-state index is -1.94. The highest BCUT2D eigenvalue weighted by molar-refractivity contribution is 5.58. The molecule has 3 rings (SSSR count). The van der Waals surface area contributed by atoms with E-state index >= 15 is 0 Å². The van der Waals surface area contributed by atoms with Gasteiger partial charge in [0.2, 0.25) is 11.8 Å². The minimum Gasteiger partial charge on any atom is -0.378 e. The van der Waals surface area contributed by atoms with Gasteiger partial charge in [0.05, 0.1) is 4.92 Å². The molecular formula is C19H22F4N6O2. The Morgan fingerprint density at radius 2 is 1.71 bits per heavy atom. The van der Waals surface area contributed by atoms with Gasteiger partial charge in [-0.1, -0.05) is 0 Å². The monoisotopic (exact) mass is 442 g/mol. The molecule has 0 bridgehead atoms. The molecule has 0 saturated heterocycles. The summed E-state index contributed by atoms with van der Waals surface area (Å²) in [7, 11) is 0. The second-order valence-corrected chi connectivity index (χ2v) is 7.62. The molecule has 0 unspecified atom stereocenters. The zero-order valence-corrected chi connectivity index (χ0v) is 16.5. The number of aromatic nitrogens is 2. The van der Waals surface area contributed by atoms with Crippen LogP contribution in [0.1, 0.15) is 36.9 Å². The number of nitrogens with two attached hydrogens (primary N) is 2. The molecule has 1 aliphatic rings. The molecule has 0 amide bonds. The predicted octanol–water partition coefficient (Wildman–Crippen LogP) is 3.44. The Labute approximate surface area is 175 Å². The van der Waals surface area contributed by atoms with Gasteiger partial charge in [0, 0.05) is 12.1 Å². The van der Waals surface area contributed by atoms with Crippen LogP contribution >= 0.6 is 0 Å². The number of benzene rings is 1. The zero-order chi connectivity index (χ0) is 22.7. The molecule has 0 spiro atoms. The highest BCUT2D eigenvalue weighted by Gasteiger charge is 2.28. The van der Waals surface area contributed by atoms with Crippen molar-refractivity contribution in [3.63, 3.8) is 0 Å². The third-order valence-electron chi connectivity index (χ3n) is 5.56. The van der Waals surface area contributed by atoms with Crippen LogP contribution in [0.15, 0.2) is 6.07 Å². The van der Waals surface area contributed by atoms with Crippen molar-refractivity contribution in [1.82, 2.24) is 9.97 Å². The van der Waals surface area contributed by atoms with Crippen LogP contribution in [0, 0.1) is 45.2 Å². The molecule has 1 aromatic carbocycles. The number of nitro groups is 1. The Morgan fingerprint density at radius 3 is 2.32 bits per heavy atom. The van der Waals surface area contributed by atoms with Gasteiger partial charge in [-0.2, -0.15) is 4.98 Å². The van der Waals surface area contributed by atoms with Crippen LogP contribution in [0.2, 0.25) is 0 Å². The maximum absolute atomic E-state index is 13.9. The van der Waals surface area contributed by atoms with Gasteiger partial charge in [0.15, 0.2) is 23.3 Å². The fourth-order valence-corrected chi connectivity index (χ4v) is 3.81. The normalized spacial score (nSPS) is 18.7. The smallest absolute Gasteiger partial charge is 0.332 e. The molecule has 0 aliphatic heterocycles. The third kappa shape index (κ3) is 5.01. The summed E-state index contributed by atoms with van der Waals surface area (Å²) < 4.78 is 53.8. The van der Waals surface area contributed by atoms with E-state index in [-0.39, 0.29) is 23.4 Å². The van der Waals surface area contributed by atoms with Crippen LogP contribution in [0.3, 0.4) is 0 Å². The molecule has 0 radical (unpaired) electrons. The summed E-state index contributed by atoms with van der Waals surface area (Å²) in [5, 5.41) is 14.0. The van der Waals surface area contributed by atoms with E-state index in [4.69, 9.17) is 11.5 Å². The van der Waals surface area contributed by atoms with Gasteiger partial charge in [-0.3, -0.25) is 10.1 Å². The Kier molecular flexibility index (Phi) is 6.88. The molecule has 1 fully saturated rings. The molecule has 1 aliphatic carbocycles. The molecule has 8 nitrogen and oxygen atoms in total. The molecule has 12 heteroatoms. The van der Waals surface area contributed by atoms with Crippen LogP contribution in [-0.2, 0) is 13.0 Å². The average Bonchev–Trinajstić information content (AvgIpc) is 2.74. The van der Waals surface area contributed by atoms with Crippen LogP contribution < -0.4 is 16.8 Å². The first-order valence-electron chi connectivity index (χ1n) is 9.77. The Balaban J connectivity index is 1.81. The van der Waals surface area contributed by atoms with E-state index in [1.54, 1.807) is 0 Å². The standard InChI is InChI=1S/C19H22F4N6O2/c20-12-6-11(14(21)16(23)15(12)22)8-26-19-27-13(17(29(30)31)18(25)28-19)5-9-1-3-10(7-24)4-2-9/h6,9-10H,1-5,7-8,24H2,(H3,25,26,27,28). The van der Waals surface area contributed by atoms with Crippen molar-refractivity contribution < 1.29 is 22.5 Å². The van der Waals surface area contributed by atoms with Crippen molar-refractivity contribution >= 4 is 17.5 Å². The van der Waals surface area contributed by atoms with E-state index in [9.17, 15) is 27.7 Å². The van der Waals surface area contributed by atoms with Crippen molar-refractivity contribution in [2.24, 2.45) is 17.6 Å². The SMILES string of the molecule is NCC1CCC(Cc2nc(NCc3cc(F)c(F)c(F)c3F)nc(N)c2[N+](=O)[O-])CC1. The van der Waals surface area contributed by atoms with E-state index in [1.165, 1.54) is 0 Å². The predicted molar refractivity (Wildman–Crippen MR) is 105 cm³/mol. The van der Waals surface area contributed by atoms with E-state index in [2.05, 4.69) is 15.3 Å². The van der Waals surface area contributed by atoms with Crippen molar-refractivity contribution in [1.29, 1.82) is 0 Å². The Bertz CT molecular complexity index is 983. The van der Waals surface area contributed by atoms with Crippen molar-refractivity contribution in [2.45, 2.75) is 38.6 Å². The first-order chi connectivity index (χ1) is 14.7. The second kappa shape index (κ2) is 9.41. The Morgan fingerprint density at radius 1 is 1.06 bits per heavy atom. The van der Waals surface area contributed by atoms with Gasteiger partial charge in [0.1, 0.15) is 5.69 Å². The lowest BCUT2D eigenvalue weighted by atomic mass is 9.80. The van der Waals surface area contributed by atoms with E-state index in [0.29, 0.717) is 24.9 Å². The van der Waals surface area contributed by atoms with Gasteiger partial charge in [-0.05, 0) is 56.6 Å². The largest absolute Gasteiger partial charge is 0.378 e. The summed E-state index contributed by atoms with van der Waals surface area (Å²) in [6.07, 6.45) is 3.81. The van der Waals surface area contributed by atoms with Crippen LogP contribution in [0.4, 0.5) is 35.0 Å². The van der Waals surface area contributed by atoms with E-state index in [0.717, 1.165) is 25.7 Å². The summed E-state index contributed by atoms with van der Waals surface area (Å²) >= 11 is 0. The average molecular weight is 442 g/mol. The highest BCUT2D eigenvalue weighted by Crippen LogP contribution is 2.34. The number of hydrogen-bond acceptors (Lipinski definition) is 7. The topological polar surface area (TPSA) is 133 Å². The zero-order valence-electron chi connectivity index (χ0n) is 16.5. The molecule has 2 aromatic rings. The fourth-order valence-electron chi connectivity index (χ4n) is 3.81. The number of nitrogens with one attached hydrogen (secondary N) is 1. The second-order valence-electron chi connectivity index (χ2n) is 7.62. The van der Waals surface area contributed by atoms with Gasteiger partial charge in [-0.15, -0.1) is 0 Å². The number of hydrogen-bond donors (Lipinski definition) is 3. The summed E-state index contributed by atoms with van der Waals surface area (Å²) in [5.74, 6) is -6.92. The summed E-state index contributed by atoms with van der Waals surface area (Å²) in [4.78, 5) is 18.7. The Hall–Kier alpha value is -3.02. The lowest BCUT2D eigenvalue weighted by Crippen LogP contribution is -2.23. The third-order valence-corrected chi connectivity index (χ3v) is 5.56. The lowest BCUT2D eigenvalue weighted by Gasteiger charge is -2.27. The van der Waals surface area contributed by atoms with Crippen molar-refractivity contribution in [2.75, 3.05) is 17.6 Å². The number of anilines is 2. The van der Waals surface area contributed by atoms with Crippen molar-refractivity contribution in [3.05, 3.63) is 50.7 Å². The van der Waals surface area contributed by atoms with Gasteiger partial charge in [-0.25, -0.2) is 22.5 Å². The van der Waals surface area contributed by atoms with Gasteiger partial charge < -0.3 is 16.8 Å². The van der Waals surface area contributed by atoms with Crippen LogP contribution in [-0.4, -0.2) is 21.4 Å². The molecule has 1 aromatic heterocycles. The van der Waals surface area contributed by atoms with E-state index in [1.807, 2.05) is 0 Å². The van der Waals surface area contributed by atoms with Crippen LogP contribution in [0.5, 0.6) is 0 Å². The molecule has 5 N–H and O–H groups in total. The molecule has 1 saturated carbocycles. The quantitative estimate of drug-likeness (QED) is 0.197. The molecule has 168 valence electrons. The van der Waals surface area contributed by atoms with E-state index < -0.39 is 46.0 Å². The number of halogens is 4. The fraction of sp³-hybridized carbons (Fsp3) is 0.474. The molecular weight excluding hydrogens is 420 g/mol. The summed E-state index contributed by atoms with van der Waals surface area (Å²) in [5.41, 5.74) is 10.7. The molecule has 31 heavy (non-hydrogen) atoms. The first kappa shape index (κ1) is 22.7. The number of nitrogen functional groups attached to an aromatic ring is 1. The highest BCUT2D eigenvalue weighted by atomic mass is 19.2. The maximum Gasteiger partial charge on any atom is 0.332 e. The number of rotatable bonds is 7. The summed E-state index contributed by atoms with van der Waals surface area (Å²) in [6, 6.07) is 0.506. The first-order valence-corrected chi connectivity index (χ1v) is 9.77. The maximum atomic E-state index is 13.9. The number of nitrogens with zero attached hydrogens (tertiary/aromatic N) is 3. The van der Waals surface area contributed by atoms with Gasteiger partial charge >= 0.3 is 5.69 Å². The van der Waals surface area contributed by atoms with Crippen molar-refractivity contribution in [3.8, 4) is 0 Å².